The van der Waals surface area contributed by atoms with Crippen LogP contribution in [0.3, 0.4) is 0 Å². The molecule has 2 aromatic carbocycles. The van der Waals surface area contributed by atoms with Gasteiger partial charge in [0.2, 0.25) is 0 Å². The minimum atomic E-state index is -0.969. The number of nitrogens with zero attached hydrogens (tertiary/aromatic N) is 2. The van der Waals surface area contributed by atoms with Gasteiger partial charge in [-0.1, -0.05) is 49.4 Å². The van der Waals surface area contributed by atoms with Gasteiger partial charge in [-0.3, -0.25) is 9.89 Å². The quantitative estimate of drug-likeness (QED) is 0.748. The first kappa shape index (κ1) is 17.5. The SMILES string of the molecule is CCc1[nH]ncc1-c1ccc(C(=O)N2CCC(O)(c3ccccc3)C2)cc1. The molecule has 27 heavy (non-hydrogen) atoms. The topological polar surface area (TPSA) is 69.2 Å². The summed E-state index contributed by atoms with van der Waals surface area (Å²) in [5.41, 5.74) is 3.72. The molecule has 3 aromatic rings. The summed E-state index contributed by atoms with van der Waals surface area (Å²) >= 11 is 0. The molecule has 1 fully saturated rings. The fraction of sp³-hybridized carbons (Fsp3) is 0.273. The predicted octanol–water partition coefficient (Wildman–Crippen LogP) is 3.37. The Morgan fingerprint density at radius 2 is 1.93 bits per heavy atom. The lowest BCUT2D eigenvalue weighted by Crippen LogP contribution is -2.34. The normalized spacial score (nSPS) is 19.4. The van der Waals surface area contributed by atoms with Crippen LogP contribution in [-0.4, -0.2) is 39.2 Å². The van der Waals surface area contributed by atoms with Gasteiger partial charge in [-0.2, -0.15) is 5.10 Å². The monoisotopic (exact) mass is 361 g/mol. The maximum absolute atomic E-state index is 12.9. The number of benzene rings is 2. The van der Waals surface area contributed by atoms with Gasteiger partial charge in [-0.25, -0.2) is 0 Å². The highest BCUT2D eigenvalue weighted by Gasteiger charge is 2.39. The van der Waals surface area contributed by atoms with E-state index in [2.05, 4.69) is 17.1 Å². The predicted molar refractivity (Wildman–Crippen MR) is 104 cm³/mol. The zero-order valence-corrected chi connectivity index (χ0v) is 15.4. The van der Waals surface area contributed by atoms with Crippen LogP contribution in [0.15, 0.2) is 60.8 Å². The summed E-state index contributed by atoms with van der Waals surface area (Å²) in [6.07, 6.45) is 3.24. The molecule has 4 rings (SSSR count). The van der Waals surface area contributed by atoms with Crippen molar-refractivity contribution in [2.45, 2.75) is 25.4 Å². The van der Waals surface area contributed by atoms with Crippen molar-refractivity contribution >= 4 is 5.91 Å². The van der Waals surface area contributed by atoms with E-state index in [-0.39, 0.29) is 5.91 Å². The minimum absolute atomic E-state index is 0.0451. The Balaban J connectivity index is 1.51. The molecule has 0 aliphatic carbocycles. The second-order valence-electron chi connectivity index (χ2n) is 7.07. The van der Waals surface area contributed by atoms with Gasteiger partial charge >= 0.3 is 0 Å². The van der Waals surface area contributed by atoms with Crippen LogP contribution in [0.2, 0.25) is 0 Å². The van der Waals surface area contributed by atoms with Gasteiger partial charge in [0.1, 0.15) is 5.60 Å². The van der Waals surface area contributed by atoms with E-state index in [0.29, 0.717) is 25.1 Å². The first-order valence-corrected chi connectivity index (χ1v) is 9.30. The molecule has 138 valence electrons. The third kappa shape index (κ3) is 3.26. The molecule has 1 unspecified atom stereocenters. The van der Waals surface area contributed by atoms with Crippen molar-refractivity contribution in [2.75, 3.05) is 13.1 Å². The van der Waals surface area contributed by atoms with Gasteiger partial charge in [-0.15, -0.1) is 0 Å². The van der Waals surface area contributed by atoms with Gasteiger partial charge in [0.05, 0.1) is 12.7 Å². The first-order valence-electron chi connectivity index (χ1n) is 9.30. The van der Waals surface area contributed by atoms with Gasteiger partial charge in [-0.05, 0) is 36.1 Å². The molecule has 1 aromatic heterocycles. The maximum Gasteiger partial charge on any atom is 0.253 e. The second-order valence-corrected chi connectivity index (χ2v) is 7.07. The number of carbonyl (C=O) groups is 1. The van der Waals surface area contributed by atoms with E-state index in [9.17, 15) is 9.90 Å². The molecular formula is C22H23N3O2. The fourth-order valence-electron chi connectivity index (χ4n) is 3.76. The summed E-state index contributed by atoms with van der Waals surface area (Å²) in [4.78, 5) is 14.6. The molecule has 0 saturated carbocycles. The van der Waals surface area contributed by atoms with Crippen molar-refractivity contribution in [1.82, 2.24) is 15.1 Å². The van der Waals surface area contributed by atoms with E-state index < -0.39 is 5.60 Å². The van der Waals surface area contributed by atoms with Crippen molar-refractivity contribution in [3.63, 3.8) is 0 Å². The van der Waals surface area contributed by atoms with E-state index >= 15 is 0 Å². The molecule has 1 atom stereocenters. The smallest absolute Gasteiger partial charge is 0.253 e. The van der Waals surface area contributed by atoms with Crippen LogP contribution in [0, 0.1) is 0 Å². The third-order valence-electron chi connectivity index (χ3n) is 5.36. The number of likely N-dealkylation sites (tertiary alicyclic amines) is 1. The number of carbonyl (C=O) groups excluding carboxylic acids is 1. The number of aromatic nitrogens is 2. The summed E-state index contributed by atoms with van der Waals surface area (Å²) in [5, 5.41) is 18.1. The molecule has 1 aliphatic heterocycles. The number of amides is 1. The highest BCUT2D eigenvalue weighted by molar-refractivity contribution is 5.95. The molecule has 5 heteroatoms. The number of aryl methyl sites for hydroxylation is 1. The van der Waals surface area contributed by atoms with Crippen molar-refractivity contribution < 1.29 is 9.90 Å². The number of rotatable bonds is 4. The Kier molecular flexibility index (Phi) is 4.54. The molecular weight excluding hydrogens is 338 g/mol. The van der Waals surface area contributed by atoms with Crippen LogP contribution in [0.5, 0.6) is 0 Å². The summed E-state index contributed by atoms with van der Waals surface area (Å²) in [5.74, 6) is -0.0451. The summed E-state index contributed by atoms with van der Waals surface area (Å²) < 4.78 is 0. The van der Waals surface area contributed by atoms with E-state index in [1.807, 2.05) is 60.8 Å². The average Bonchev–Trinajstić information content (AvgIpc) is 3.36. The molecule has 2 heterocycles. The van der Waals surface area contributed by atoms with E-state index in [4.69, 9.17) is 0 Å². The van der Waals surface area contributed by atoms with Gasteiger partial charge < -0.3 is 10.0 Å². The molecule has 1 aliphatic rings. The number of β-amino-alcohol motifs (C(OH)–C–C–N with tert-alkyl or cyclic N) is 1. The number of aromatic amines is 1. The Bertz CT molecular complexity index is 934. The Labute approximate surface area is 158 Å². The minimum Gasteiger partial charge on any atom is -0.383 e. The lowest BCUT2D eigenvalue weighted by molar-refractivity contribution is 0.0417. The second kappa shape index (κ2) is 7.00. The molecule has 0 radical (unpaired) electrons. The van der Waals surface area contributed by atoms with Gasteiger partial charge in [0.15, 0.2) is 0 Å². The van der Waals surface area contributed by atoms with E-state index in [1.54, 1.807) is 4.90 Å². The number of hydrogen-bond acceptors (Lipinski definition) is 3. The number of aliphatic hydroxyl groups is 1. The first-order chi connectivity index (χ1) is 13.1. The van der Waals surface area contributed by atoms with Crippen LogP contribution < -0.4 is 0 Å². The lowest BCUT2D eigenvalue weighted by Gasteiger charge is -2.24. The number of H-pyrrole nitrogens is 1. The van der Waals surface area contributed by atoms with Crippen molar-refractivity contribution in [1.29, 1.82) is 0 Å². The Morgan fingerprint density at radius 3 is 2.63 bits per heavy atom. The van der Waals surface area contributed by atoms with Crippen molar-refractivity contribution in [3.05, 3.63) is 77.6 Å². The van der Waals surface area contributed by atoms with Crippen molar-refractivity contribution in [2.24, 2.45) is 0 Å². The van der Waals surface area contributed by atoms with Crippen LogP contribution in [0.4, 0.5) is 0 Å². The van der Waals surface area contributed by atoms with Gasteiger partial charge in [0, 0.05) is 23.4 Å². The van der Waals surface area contributed by atoms with E-state index in [1.165, 1.54) is 0 Å². The molecule has 1 amide bonds. The highest BCUT2D eigenvalue weighted by atomic mass is 16.3. The van der Waals surface area contributed by atoms with Crippen LogP contribution >= 0.6 is 0 Å². The standard InChI is InChI=1S/C22H23N3O2/c1-2-20-19(14-23-24-20)16-8-10-17(11-9-16)21(26)25-13-12-22(27,15-25)18-6-4-3-5-7-18/h3-11,14,27H,2,12-13,15H2,1H3,(H,23,24). The number of hydrogen-bond donors (Lipinski definition) is 2. The summed E-state index contributed by atoms with van der Waals surface area (Å²) in [6.45, 7) is 2.95. The van der Waals surface area contributed by atoms with Gasteiger partial charge in [0.25, 0.3) is 5.91 Å². The van der Waals surface area contributed by atoms with Crippen molar-refractivity contribution in [3.8, 4) is 11.1 Å². The Hall–Kier alpha value is -2.92. The lowest BCUT2D eigenvalue weighted by atomic mass is 9.93. The zero-order valence-electron chi connectivity index (χ0n) is 15.4. The maximum atomic E-state index is 12.9. The molecule has 1 saturated heterocycles. The molecule has 0 bridgehead atoms. The number of nitrogens with one attached hydrogen (secondary N) is 1. The van der Waals surface area contributed by atoms with E-state index in [0.717, 1.165) is 28.8 Å². The Morgan fingerprint density at radius 1 is 1.19 bits per heavy atom. The molecule has 5 nitrogen and oxygen atoms in total. The fourth-order valence-corrected chi connectivity index (χ4v) is 3.76. The summed E-state index contributed by atoms with van der Waals surface area (Å²) in [6, 6.07) is 17.2. The highest BCUT2D eigenvalue weighted by Crippen LogP contribution is 2.32. The largest absolute Gasteiger partial charge is 0.383 e. The molecule has 0 spiro atoms. The summed E-state index contributed by atoms with van der Waals surface area (Å²) in [7, 11) is 0. The average molecular weight is 361 g/mol. The van der Waals surface area contributed by atoms with Crippen LogP contribution in [-0.2, 0) is 12.0 Å². The van der Waals surface area contributed by atoms with Crippen LogP contribution in [0.25, 0.3) is 11.1 Å². The molecule has 2 N–H and O–H groups in total. The van der Waals surface area contributed by atoms with Crippen LogP contribution in [0.1, 0.15) is 35.0 Å². The zero-order chi connectivity index (χ0) is 18.9. The third-order valence-corrected chi connectivity index (χ3v) is 5.36.